The van der Waals surface area contributed by atoms with Crippen molar-refractivity contribution in [3.63, 3.8) is 0 Å². The Morgan fingerprint density at radius 3 is 2.08 bits per heavy atom. The van der Waals surface area contributed by atoms with Crippen LogP contribution >= 0.6 is 0 Å². The fourth-order valence-electron chi connectivity index (χ4n) is 0.915. The van der Waals surface area contributed by atoms with Crippen molar-refractivity contribution in [3.05, 3.63) is 34.7 Å². The fraction of sp³-hybridized carbons (Fsp3) is 0. The summed E-state index contributed by atoms with van der Waals surface area (Å²) in [4.78, 5) is 0. The number of nitriles is 2. The van der Waals surface area contributed by atoms with Crippen LogP contribution in [0.5, 0.6) is 0 Å². The van der Waals surface area contributed by atoms with Crippen LogP contribution in [0.4, 0.5) is 0 Å². The highest BCUT2D eigenvalue weighted by molar-refractivity contribution is 5.72. The first kappa shape index (κ1) is 8.83. The van der Waals surface area contributed by atoms with Gasteiger partial charge in [-0.05, 0) is 5.22 Å². The van der Waals surface area contributed by atoms with Crippen LogP contribution in [0.25, 0.3) is 11.8 Å². The zero-order valence-electron chi connectivity index (χ0n) is 6.86. The SMILES string of the molecule is N#CC(C#N)=c1ccc(=CN)cc1. The molecule has 1 rings (SSSR count). The third-order valence-corrected chi connectivity index (χ3v) is 1.62. The lowest BCUT2D eigenvalue weighted by atomic mass is 10.2. The van der Waals surface area contributed by atoms with E-state index in [0.29, 0.717) is 5.22 Å². The molecule has 0 saturated heterocycles. The number of nitrogens with zero attached hydrogens (tertiary/aromatic N) is 2. The summed E-state index contributed by atoms with van der Waals surface area (Å²) in [5.74, 6) is 0. The van der Waals surface area contributed by atoms with Crippen molar-refractivity contribution < 1.29 is 0 Å². The van der Waals surface area contributed by atoms with E-state index in [0.717, 1.165) is 5.22 Å². The van der Waals surface area contributed by atoms with Crippen LogP contribution in [-0.4, -0.2) is 0 Å². The van der Waals surface area contributed by atoms with Crippen LogP contribution in [0.3, 0.4) is 0 Å². The highest BCUT2D eigenvalue weighted by atomic mass is 14.5. The molecule has 0 aromatic heterocycles. The first-order chi connectivity index (χ1) is 6.31. The summed E-state index contributed by atoms with van der Waals surface area (Å²) in [6.07, 6.45) is 1.46. The van der Waals surface area contributed by atoms with Gasteiger partial charge in [0, 0.05) is 11.4 Å². The van der Waals surface area contributed by atoms with Gasteiger partial charge in [0.2, 0.25) is 0 Å². The monoisotopic (exact) mass is 169 g/mol. The molecule has 0 aliphatic carbocycles. The molecule has 1 aromatic rings. The van der Waals surface area contributed by atoms with Crippen molar-refractivity contribution in [2.24, 2.45) is 5.73 Å². The van der Waals surface area contributed by atoms with E-state index in [1.807, 2.05) is 12.1 Å². The molecular formula is C10H7N3. The molecule has 62 valence electrons. The Balaban J connectivity index is 3.46. The summed E-state index contributed by atoms with van der Waals surface area (Å²) in [7, 11) is 0. The van der Waals surface area contributed by atoms with E-state index in [1.165, 1.54) is 6.20 Å². The molecule has 0 radical (unpaired) electrons. The third-order valence-electron chi connectivity index (χ3n) is 1.62. The maximum absolute atomic E-state index is 8.56. The lowest BCUT2D eigenvalue weighted by molar-refractivity contribution is 1.47. The minimum Gasteiger partial charge on any atom is -0.404 e. The predicted molar refractivity (Wildman–Crippen MR) is 49.0 cm³/mol. The molecule has 0 amide bonds. The molecule has 2 N–H and O–H groups in total. The van der Waals surface area contributed by atoms with Gasteiger partial charge in [-0.15, -0.1) is 0 Å². The second-order valence-electron chi connectivity index (χ2n) is 2.39. The van der Waals surface area contributed by atoms with Gasteiger partial charge in [0.1, 0.15) is 17.7 Å². The van der Waals surface area contributed by atoms with E-state index in [2.05, 4.69) is 0 Å². The Kier molecular flexibility index (Phi) is 2.68. The summed E-state index contributed by atoms with van der Waals surface area (Å²) in [6.45, 7) is 0. The summed E-state index contributed by atoms with van der Waals surface area (Å²) in [5.41, 5.74) is 5.39. The normalized spacial score (nSPS) is 8.15. The van der Waals surface area contributed by atoms with Gasteiger partial charge in [-0.2, -0.15) is 10.5 Å². The van der Waals surface area contributed by atoms with E-state index in [4.69, 9.17) is 16.3 Å². The smallest absolute Gasteiger partial charge is 0.136 e. The minimum atomic E-state index is 0.114. The quantitative estimate of drug-likeness (QED) is 0.573. The molecule has 0 spiro atoms. The second-order valence-corrected chi connectivity index (χ2v) is 2.39. The minimum absolute atomic E-state index is 0.114. The van der Waals surface area contributed by atoms with E-state index >= 15 is 0 Å². The van der Waals surface area contributed by atoms with Crippen LogP contribution in [0.2, 0.25) is 0 Å². The van der Waals surface area contributed by atoms with E-state index in [-0.39, 0.29) is 5.57 Å². The molecule has 1 aromatic carbocycles. The van der Waals surface area contributed by atoms with E-state index in [1.54, 1.807) is 24.3 Å². The van der Waals surface area contributed by atoms with Gasteiger partial charge in [0.15, 0.2) is 0 Å². The Hall–Kier alpha value is -2.26. The average Bonchev–Trinajstić information content (AvgIpc) is 2.21. The van der Waals surface area contributed by atoms with Gasteiger partial charge in [-0.1, -0.05) is 24.3 Å². The highest BCUT2D eigenvalue weighted by Crippen LogP contribution is 1.84. The summed E-state index contributed by atoms with van der Waals surface area (Å²) in [5, 5.41) is 18.6. The van der Waals surface area contributed by atoms with Gasteiger partial charge in [-0.3, -0.25) is 0 Å². The zero-order chi connectivity index (χ0) is 9.68. The van der Waals surface area contributed by atoms with E-state index in [9.17, 15) is 0 Å². The van der Waals surface area contributed by atoms with Gasteiger partial charge >= 0.3 is 0 Å². The summed E-state index contributed by atoms with van der Waals surface area (Å²) >= 11 is 0. The van der Waals surface area contributed by atoms with Crippen LogP contribution in [-0.2, 0) is 0 Å². The molecule has 0 fully saturated rings. The Bertz CT molecular complexity index is 461. The second kappa shape index (κ2) is 3.94. The number of benzene rings is 1. The number of hydrogen-bond acceptors (Lipinski definition) is 3. The van der Waals surface area contributed by atoms with Crippen molar-refractivity contribution in [3.8, 4) is 12.1 Å². The van der Waals surface area contributed by atoms with E-state index < -0.39 is 0 Å². The fourth-order valence-corrected chi connectivity index (χ4v) is 0.915. The Labute approximate surface area is 75.6 Å². The standard InChI is InChI=1S/C10H7N3/c11-5-8-1-3-9(4-2-8)10(6-12)7-13/h1-5H,11H2. The summed E-state index contributed by atoms with van der Waals surface area (Å²) < 4.78 is 0. The first-order valence-electron chi connectivity index (χ1n) is 3.64. The zero-order valence-corrected chi connectivity index (χ0v) is 6.86. The number of hydrogen-bond donors (Lipinski definition) is 1. The molecule has 0 bridgehead atoms. The molecule has 0 aliphatic heterocycles. The third kappa shape index (κ3) is 1.85. The van der Waals surface area contributed by atoms with Crippen molar-refractivity contribution >= 4 is 11.8 Å². The molecule has 0 heterocycles. The van der Waals surface area contributed by atoms with Crippen molar-refractivity contribution in [2.45, 2.75) is 0 Å². The number of rotatable bonds is 0. The largest absolute Gasteiger partial charge is 0.404 e. The van der Waals surface area contributed by atoms with Gasteiger partial charge < -0.3 is 5.73 Å². The molecule has 0 atom stereocenters. The average molecular weight is 169 g/mol. The van der Waals surface area contributed by atoms with Gasteiger partial charge in [-0.25, -0.2) is 0 Å². The molecule has 0 saturated carbocycles. The molecular weight excluding hydrogens is 162 g/mol. The molecule has 3 heteroatoms. The van der Waals surface area contributed by atoms with Crippen molar-refractivity contribution in [2.75, 3.05) is 0 Å². The molecule has 0 unspecified atom stereocenters. The highest BCUT2D eigenvalue weighted by Gasteiger charge is 1.91. The molecule has 13 heavy (non-hydrogen) atoms. The molecule has 3 nitrogen and oxygen atoms in total. The number of nitrogens with two attached hydrogens (primary N) is 1. The van der Waals surface area contributed by atoms with Gasteiger partial charge in [0.25, 0.3) is 0 Å². The lowest BCUT2D eigenvalue weighted by Gasteiger charge is -1.86. The van der Waals surface area contributed by atoms with Gasteiger partial charge in [0.05, 0.1) is 0 Å². The summed E-state index contributed by atoms with van der Waals surface area (Å²) in [6, 6.07) is 10.5. The van der Waals surface area contributed by atoms with Crippen LogP contribution in [0.15, 0.2) is 24.3 Å². The maximum atomic E-state index is 8.56. The maximum Gasteiger partial charge on any atom is 0.136 e. The van der Waals surface area contributed by atoms with Crippen molar-refractivity contribution in [1.29, 1.82) is 10.5 Å². The Morgan fingerprint density at radius 1 is 1.15 bits per heavy atom. The van der Waals surface area contributed by atoms with Crippen molar-refractivity contribution in [1.82, 2.24) is 0 Å². The predicted octanol–water partition coefficient (Wildman–Crippen LogP) is -0.419. The van der Waals surface area contributed by atoms with Crippen LogP contribution < -0.4 is 16.2 Å². The van der Waals surface area contributed by atoms with Crippen LogP contribution in [0.1, 0.15) is 0 Å². The lowest BCUT2D eigenvalue weighted by Crippen LogP contribution is -2.10. The Morgan fingerprint density at radius 2 is 1.69 bits per heavy atom. The topological polar surface area (TPSA) is 73.6 Å². The molecule has 0 aliphatic rings. The first-order valence-corrected chi connectivity index (χ1v) is 3.64. The van der Waals surface area contributed by atoms with Crippen LogP contribution in [0, 0.1) is 22.7 Å².